The Morgan fingerprint density at radius 1 is 1.29 bits per heavy atom. The molecule has 0 radical (unpaired) electrons. The van der Waals surface area contributed by atoms with E-state index >= 15 is 0 Å². The van der Waals surface area contributed by atoms with Crippen LogP contribution in [0.15, 0.2) is 21.9 Å². The molecule has 0 aromatic carbocycles. The predicted octanol–water partition coefficient (Wildman–Crippen LogP) is 4.27. The van der Waals surface area contributed by atoms with Crippen LogP contribution < -0.4 is 0 Å². The molecular formula is C19H24N2O2S. The topological polar surface area (TPSA) is 38.5 Å². The number of fused-ring (bicyclic) bond motifs is 1. The second kappa shape index (κ2) is 5.97. The van der Waals surface area contributed by atoms with Gasteiger partial charge in [0.25, 0.3) is 0 Å². The quantitative estimate of drug-likeness (QED) is 0.830. The third-order valence-corrected chi connectivity index (χ3v) is 6.58. The minimum Gasteiger partial charge on any atom is -0.465 e. The molecule has 4 nitrogen and oxygen atoms in total. The van der Waals surface area contributed by atoms with E-state index in [0.29, 0.717) is 12.0 Å². The van der Waals surface area contributed by atoms with Crippen LogP contribution in [-0.4, -0.2) is 29.1 Å². The van der Waals surface area contributed by atoms with E-state index in [1.165, 1.54) is 30.0 Å². The zero-order valence-electron chi connectivity index (χ0n) is 14.1. The molecule has 5 rings (SSSR count). The summed E-state index contributed by atoms with van der Waals surface area (Å²) < 4.78 is 12.1. The van der Waals surface area contributed by atoms with Crippen molar-refractivity contribution < 1.29 is 9.15 Å². The summed E-state index contributed by atoms with van der Waals surface area (Å²) in [5.74, 6) is 3.49. The molecule has 2 aliphatic heterocycles. The molecule has 2 aromatic rings. The van der Waals surface area contributed by atoms with E-state index in [0.717, 1.165) is 43.5 Å². The fraction of sp³-hybridized carbons (Fsp3) is 0.632. The van der Waals surface area contributed by atoms with Gasteiger partial charge in [0.1, 0.15) is 22.6 Å². The third-order valence-electron chi connectivity index (χ3n) is 5.62. The molecule has 3 aliphatic rings. The lowest BCUT2D eigenvalue weighted by molar-refractivity contribution is -0.0108. The smallest absolute Gasteiger partial charge is 0.122 e. The number of likely N-dealkylation sites (tertiary alicyclic amines) is 1. The molecule has 3 atom stereocenters. The second-order valence-electron chi connectivity index (χ2n) is 7.58. The highest BCUT2D eigenvalue weighted by Crippen LogP contribution is 2.45. The molecule has 0 spiro atoms. The Morgan fingerprint density at radius 3 is 3.00 bits per heavy atom. The molecule has 0 bridgehead atoms. The second-order valence-corrected chi connectivity index (χ2v) is 8.47. The maximum absolute atomic E-state index is 6.41. The van der Waals surface area contributed by atoms with Crippen molar-refractivity contribution in [2.75, 3.05) is 13.1 Å². The van der Waals surface area contributed by atoms with Crippen molar-refractivity contribution in [1.29, 1.82) is 0 Å². The van der Waals surface area contributed by atoms with Crippen LogP contribution in [-0.2, 0) is 11.3 Å². The van der Waals surface area contributed by atoms with Crippen molar-refractivity contribution in [3.05, 3.63) is 39.7 Å². The lowest BCUT2D eigenvalue weighted by atomic mass is 9.92. The standard InChI is InChI=1S/C19H24N2O2S/c1-12-2-5-15(22-12)9-21-7-6-14-8-17(23-18(14)10-21)19-20-16(11-24-19)13-3-4-13/h2,5,11,13-14,17-18H,3-4,6-10H2,1H3/t14-,17-,18+/m1/s1. The Kier molecular flexibility index (Phi) is 3.76. The number of thiazole rings is 1. The summed E-state index contributed by atoms with van der Waals surface area (Å²) in [6, 6.07) is 4.14. The number of nitrogens with zero attached hydrogens (tertiary/aromatic N) is 2. The maximum Gasteiger partial charge on any atom is 0.122 e. The van der Waals surface area contributed by atoms with Crippen molar-refractivity contribution in [3.8, 4) is 0 Å². The van der Waals surface area contributed by atoms with Crippen molar-refractivity contribution >= 4 is 11.3 Å². The van der Waals surface area contributed by atoms with Gasteiger partial charge in [0.2, 0.25) is 0 Å². The maximum atomic E-state index is 6.41. The molecule has 0 N–H and O–H groups in total. The minimum absolute atomic E-state index is 0.225. The molecule has 3 fully saturated rings. The molecule has 128 valence electrons. The SMILES string of the molecule is Cc1ccc(CN2CC[C@@H]3C[C@H](c4nc(C5CC5)cs4)O[C@H]3C2)o1. The molecule has 4 heterocycles. The first kappa shape index (κ1) is 15.1. The summed E-state index contributed by atoms with van der Waals surface area (Å²) in [6.07, 6.45) is 5.59. The van der Waals surface area contributed by atoms with Crippen molar-refractivity contribution in [3.63, 3.8) is 0 Å². The van der Waals surface area contributed by atoms with E-state index in [-0.39, 0.29) is 6.10 Å². The van der Waals surface area contributed by atoms with E-state index in [4.69, 9.17) is 14.1 Å². The lowest BCUT2D eigenvalue weighted by Gasteiger charge is -2.33. The zero-order chi connectivity index (χ0) is 16.1. The highest BCUT2D eigenvalue weighted by molar-refractivity contribution is 7.09. The summed E-state index contributed by atoms with van der Waals surface area (Å²) in [6.45, 7) is 5.06. The van der Waals surface area contributed by atoms with E-state index in [2.05, 4.69) is 16.3 Å². The van der Waals surface area contributed by atoms with Gasteiger partial charge >= 0.3 is 0 Å². The molecule has 2 saturated heterocycles. The Labute approximate surface area is 146 Å². The summed E-state index contributed by atoms with van der Waals surface area (Å²) in [5, 5.41) is 3.46. The molecule has 24 heavy (non-hydrogen) atoms. The van der Waals surface area contributed by atoms with Gasteiger partial charge in [0.15, 0.2) is 0 Å². The molecule has 1 saturated carbocycles. The van der Waals surface area contributed by atoms with Crippen LogP contribution in [0.4, 0.5) is 0 Å². The van der Waals surface area contributed by atoms with Crippen LogP contribution in [0.2, 0.25) is 0 Å². The van der Waals surface area contributed by atoms with Gasteiger partial charge in [-0.25, -0.2) is 4.98 Å². The third kappa shape index (κ3) is 2.93. The number of furan rings is 1. The first-order valence-electron chi connectivity index (χ1n) is 9.13. The number of hydrogen-bond acceptors (Lipinski definition) is 5. The van der Waals surface area contributed by atoms with Crippen LogP contribution in [0.3, 0.4) is 0 Å². The molecule has 0 unspecified atom stereocenters. The van der Waals surface area contributed by atoms with E-state index in [9.17, 15) is 0 Å². The van der Waals surface area contributed by atoms with E-state index < -0.39 is 0 Å². The molecule has 2 aromatic heterocycles. The molecular weight excluding hydrogens is 320 g/mol. The summed E-state index contributed by atoms with van der Waals surface area (Å²) in [7, 11) is 0. The summed E-state index contributed by atoms with van der Waals surface area (Å²) in [5.41, 5.74) is 1.31. The Bertz CT molecular complexity index is 721. The zero-order valence-corrected chi connectivity index (χ0v) is 14.9. The van der Waals surface area contributed by atoms with Crippen LogP contribution >= 0.6 is 11.3 Å². The highest BCUT2D eigenvalue weighted by Gasteiger charge is 2.41. The first-order chi connectivity index (χ1) is 11.7. The van der Waals surface area contributed by atoms with Gasteiger partial charge in [-0.05, 0) is 57.2 Å². The van der Waals surface area contributed by atoms with Gasteiger partial charge in [-0.3, -0.25) is 4.90 Å². The van der Waals surface area contributed by atoms with Crippen molar-refractivity contribution in [1.82, 2.24) is 9.88 Å². The fourth-order valence-electron chi connectivity index (χ4n) is 4.10. The largest absolute Gasteiger partial charge is 0.465 e. The number of aromatic nitrogens is 1. The number of rotatable bonds is 4. The normalized spacial score (nSPS) is 30.6. The average molecular weight is 344 g/mol. The van der Waals surface area contributed by atoms with Gasteiger partial charge in [0, 0.05) is 17.8 Å². The lowest BCUT2D eigenvalue weighted by Crippen LogP contribution is -2.41. The number of hydrogen-bond donors (Lipinski definition) is 0. The molecule has 1 aliphatic carbocycles. The summed E-state index contributed by atoms with van der Waals surface area (Å²) >= 11 is 1.80. The van der Waals surface area contributed by atoms with Gasteiger partial charge in [-0.15, -0.1) is 11.3 Å². The minimum atomic E-state index is 0.225. The number of piperidine rings is 1. The Balaban J connectivity index is 1.22. The number of ether oxygens (including phenoxy) is 1. The molecule has 0 amide bonds. The average Bonchev–Trinajstić information content (AvgIpc) is 2.98. The van der Waals surface area contributed by atoms with Crippen LogP contribution in [0.1, 0.15) is 59.9 Å². The van der Waals surface area contributed by atoms with E-state index in [1.807, 2.05) is 13.0 Å². The van der Waals surface area contributed by atoms with Gasteiger partial charge in [-0.2, -0.15) is 0 Å². The highest BCUT2D eigenvalue weighted by atomic mass is 32.1. The van der Waals surface area contributed by atoms with Crippen LogP contribution in [0.5, 0.6) is 0 Å². The summed E-state index contributed by atoms with van der Waals surface area (Å²) in [4.78, 5) is 7.34. The molecule has 5 heteroatoms. The number of aryl methyl sites for hydroxylation is 1. The fourth-order valence-corrected chi connectivity index (χ4v) is 5.05. The van der Waals surface area contributed by atoms with Gasteiger partial charge in [0.05, 0.1) is 18.3 Å². The van der Waals surface area contributed by atoms with Crippen molar-refractivity contribution in [2.24, 2.45) is 5.92 Å². The van der Waals surface area contributed by atoms with Crippen molar-refractivity contribution in [2.45, 2.75) is 57.3 Å². The Hall–Kier alpha value is -1.17. The predicted molar refractivity (Wildman–Crippen MR) is 93.1 cm³/mol. The first-order valence-corrected chi connectivity index (χ1v) is 10.0. The Morgan fingerprint density at radius 2 is 2.21 bits per heavy atom. The van der Waals surface area contributed by atoms with Crippen LogP contribution in [0, 0.1) is 12.8 Å². The van der Waals surface area contributed by atoms with E-state index in [1.54, 1.807) is 11.3 Å². The van der Waals surface area contributed by atoms with Gasteiger partial charge in [-0.1, -0.05) is 0 Å². The monoisotopic (exact) mass is 344 g/mol. The van der Waals surface area contributed by atoms with Gasteiger partial charge < -0.3 is 9.15 Å². The van der Waals surface area contributed by atoms with Crippen LogP contribution in [0.25, 0.3) is 0 Å².